The van der Waals surface area contributed by atoms with Gasteiger partial charge in [0.1, 0.15) is 0 Å². The summed E-state index contributed by atoms with van der Waals surface area (Å²) in [5, 5.41) is 7.04. The molecule has 0 bridgehead atoms. The van der Waals surface area contributed by atoms with Crippen molar-refractivity contribution in [3.8, 4) is 22.4 Å². The van der Waals surface area contributed by atoms with Gasteiger partial charge in [-0.3, -0.25) is 4.79 Å². The number of nitrogens with one attached hydrogen (secondary N) is 1. The van der Waals surface area contributed by atoms with Gasteiger partial charge >= 0.3 is 6.18 Å². The first-order valence-electron chi connectivity index (χ1n) is 10.3. The largest absolute Gasteiger partial charge is 0.416 e. The number of carbonyl (C=O) groups excluding carboxylic acids is 1. The standard InChI is InChI=1S/C25H15F4N5O/c26-22-8-7-17(13-31-22)20-14-32-34-21(9-10-30-23(20)34)15-3-2-6-19(12-15)33-24(35)16-4-1-5-18(11-16)25(27,28)29/h1-14H,(H,33,35). The summed E-state index contributed by atoms with van der Waals surface area (Å²) in [6.45, 7) is 0. The third-order valence-corrected chi connectivity index (χ3v) is 5.31. The highest BCUT2D eigenvalue weighted by molar-refractivity contribution is 6.04. The maximum atomic E-state index is 13.2. The van der Waals surface area contributed by atoms with Crippen LogP contribution in [0.4, 0.5) is 23.2 Å². The molecular formula is C25H15F4N5O. The second kappa shape index (κ2) is 8.64. The lowest BCUT2D eigenvalue weighted by Gasteiger charge is -2.11. The number of carbonyl (C=O) groups is 1. The Morgan fingerprint density at radius 3 is 2.49 bits per heavy atom. The van der Waals surface area contributed by atoms with E-state index in [1.54, 1.807) is 53.3 Å². The minimum atomic E-state index is -4.55. The Hall–Kier alpha value is -4.60. The summed E-state index contributed by atoms with van der Waals surface area (Å²) in [7, 11) is 0. The van der Waals surface area contributed by atoms with Crippen molar-refractivity contribution in [2.24, 2.45) is 0 Å². The van der Waals surface area contributed by atoms with Crippen LogP contribution in [-0.2, 0) is 6.18 Å². The van der Waals surface area contributed by atoms with Gasteiger partial charge in [0.2, 0.25) is 5.95 Å². The van der Waals surface area contributed by atoms with Crippen molar-refractivity contribution in [3.63, 3.8) is 0 Å². The molecule has 5 rings (SSSR count). The first kappa shape index (κ1) is 22.2. The van der Waals surface area contributed by atoms with Crippen molar-refractivity contribution < 1.29 is 22.4 Å². The summed E-state index contributed by atoms with van der Waals surface area (Å²) in [6.07, 6.45) is 0.0425. The molecule has 1 N–H and O–H groups in total. The Morgan fingerprint density at radius 2 is 1.71 bits per heavy atom. The number of amides is 1. The second-order valence-electron chi connectivity index (χ2n) is 7.61. The summed E-state index contributed by atoms with van der Waals surface area (Å²) < 4.78 is 53.8. The zero-order valence-corrected chi connectivity index (χ0v) is 17.8. The molecular weight excluding hydrogens is 462 g/mol. The van der Waals surface area contributed by atoms with Gasteiger partial charge in [-0.05, 0) is 48.5 Å². The predicted octanol–water partition coefficient (Wildman–Crippen LogP) is 5.87. The molecule has 2 aromatic carbocycles. The van der Waals surface area contributed by atoms with Crippen LogP contribution in [0.1, 0.15) is 15.9 Å². The van der Waals surface area contributed by atoms with E-state index in [1.807, 2.05) is 0 Å². The SMILES string of the molecule is O=C(Nc1cccc(-c2ccnc3c(-c4ccc(F)nc4)cnn23)c1)c1cccc(C(F)(F)F)c1. The van der Waals surface area contributed by atoms with Crippen LogP contribution in [-0.4, -0.2) is 25.5 Å². The number of hydrogen-bond donors (Lipinski definition) is 1. The molecule has 0 radical (unpaired) electrons. The summed E-state index contributed by atoms with van der Waals surface area (Å²) in [5.41, 5.74) is 2.56. The average Bonchev–Trinajstić information content (AvgIpc) is 3.28. The Morgan fingerprint density at radius 1 is 0.886 bits per heavy atom. The number of pyridine rings is 1. The Labute approximate surface area is 195 Å². The van der Waals surface area contributed by atoms with Crippen LogP contribution in [0, 0.1) is 5.95 Å². The van der Waals surface area contributed by atoms with Gasteiger partial charge in [-0.25, -0.2) is 14.5 Å². The average molecular weight is 477 g/mol. The summed E-state index contributed by atoms with van der Waals surface area (Å²) >= 11 is 0. The van der Waals surface area contributed by atoms with E-state index >= 15 is 0 Å². The van der Waals surface area contributed by atoms with Gasteiger partial charge in [-0.1, -0.05) is 18.2 Å². The lowest BCUT2D eigenvalue weighted by molar-refractivity contribution is -0.137. The summed E-state index contributed by atoms with van der Waals surface area (Å²) in [4.78, 5) is 20.7. The van der Waals surface area contributed by atoms with E-state index < -0.39 is 23.6 Å². The zero-order chi connectivity index (χ0) is 24.6. The van der Waals surface area contributed by atoms with Crippen LogP contribution in [0.5, 0.6) is 0 Å². The van der Waals surface area contributed by atoms with Crippen molar-refractivity contribution in [3.05, 3.63) is 102 Å². The van der Waals surface area contributed by atoms with Crippen molar-refractivity contribution in [1.29, 1.82) is 0 Å². The molecule has 0 aliphatic heterocycles. The third kappa shape index (κ3) is 4.45. The van der Waals surface area contributed by atoms with Gasteiger partial charge in [-0.15, -0.1) is 0 Å². The Kier molecular flexibility index (Phi) is 5.48. The molecule has 174 valence electrons. The predicted molar refractivity (Wildman–Crippen MR) is 121 cm³/mol. The molecule has 0 atom stereocenters. The number of hydrogen-bond acceptors (Lipinski definition) is 4. The second-order valence-corrected chi connectivity index (χ2v) is 7.61. The fourth-order valence-corrected chi connectivity index (χ4v) is 3.65. The van der Waals surface area contributed by atoms with Gasteiger partial charge in [-0.2, -0.15) is 22.7 Å². The summed E-state index contributed by atoms with van der Waals surface area (Å²) in [6, 6.07) is 15.6. The molecule has 0 aliphatic rings. The first-order valence-corrected chi connectivity index (χ1v) is 10.3. The highest BCUT2D eigenvalue weighted by atomic mass is 19.4. The monoisotopic (exact) mass is 477 g/mol. The number of benzene rings is 2. The number of rotatable bonds is 4. The van der Waals surface area contributed by atoms with Gasteiger partial charge in [0.25, 0.3) is 5.91 Å². The quantitative estimate of drug-likeness (QED) is 0.260. The van der Waals surface area contributed by atoms with Crippen LogP contribution in [0.25, 0.3) is 28.0 Å². The van der Waals surface area contributed by atoms with Crippen LogP contribution in [0.2, 0.25) is 0 Å². The molecule has 3 aromatic heterocycles. The molecule has 35 heavy (non-hydrogen) atoms. The molecule has 0 fully saturated rings. The van der Waals surface area contributed by atoms with E-state index in [-0.39, 0.29) is 5.56 Å². The molecule has 5 aromatic rings. The van der Waals surface area contributed by atoms with Crippen LogP contribution in [0.3, 0.4) is 0 Å². The van der Waals surface area contributed by atoms with Crippen LogP contribution >= 0.6 is 0 Å². The Balaban J connectivity index is 1.46. The molecule has 0 saturated carbocycles. The molecule has 0 saturated heterocycles. The number of halogens is 4. The highest BCUT2D eigenvalue weighted by Crippen LogP contribution is 2.30. The lowest BCUT2D eigenvalue weighted by atomic mass is 10.1. The van der Waals surface area contributed by atoms with Crippen LogP contribution in [0.15, 0.2) is 85.3 Å². The first-order chi connectivity index (χ1) is 16.8. The third-order valence-electron chi connectivity index (χ3n) is 5.31. The van der Waals surface area contributed by atoms with E-state index in [0.717, 1.165) is 12.1 Å². The number of anilines is 1. The van der Waals surface area contributed by atoms with Gasteiger partial charge in [0.15, 0.2) is 5.65 Å². The smallest absolute Gasteiger partial charge is 0.322 e. The number of fused-ring (bicyclic) bond motifs is 1. The molecule has 0 unspecified atom stereocenters. The van der Waals surface area contributed by atoms with Gasteiger partial charge < -0.3 is 5.32 Å². The van der Waals surface area contributed by atoms with Crippen molar-refractivity contribution in [2.75, 3.05) is 5.32 Å². The Bertz CT molecular complexity index is 1540. The molecule has 6 nitrogen and oxygen atoms in total. The maximum absolute atomic E-state index is 13.2. The van der Waals surface area contributed by atoms with Crippen molar-refractivity contribution in [2.45, 2.75) is 6.18 Å². The van der Waals surface area contributed by atoms with E-state index in [0.29, 0.717) is 33.7 Å². The minimum Gasteiger partial charge on any atom is -0.322 e. The molecule has 10 heteroatoms. The fraction of sp³-hybridized carbons (Fsp3) is 0.0400. The highest BCUT2D eigenvalue weighted by Gasteiger charge is 2.30. The maximum Gasteiger partial charge on any atom is 0.416 e. The van der Waals surface area contributed by atoms with Crippen molar-refractivity contribution >= 4 is 17.2 Å². The number of alkyl halides is 3. The molecule has 1 amide bonds. The van der Waals surface area contributed by atoms with Gasteiger partial charge in [0, 0.05) is 40.3 Å². The summed E-state index contributed by atoms with van der Waals surface area (Å²) in [5.74, 6) is -1.26. The lowest BCUT2D eigenvalue weighted by Crippen LogP contribution is -2.14. The molecule has 3 heterocycles. The molecule has 0 spiro atoms. The topological polar surface area (TPSA) is 72.2 Å². The van der Waals surface area contributed by atoms with E-state index in [4.69, 9.17) is 0 Å². The van der Waals surface area contributed by atoms with E-state index in [1.165, 1.54) is 24.4 Å². The van der Waals surface area contributed by atoms with E-state index in [9.17, 15) is 22.4 Å². The zero-order valence-electron chi connectivity index (χ0n) is 17.8. The molecule has 0 aliphatic carbocycles. The number of nitrogens with zero attached hydrogens (tertiary/aromatic N) is 4. The number of aromatic nitrogens is 4. The minimum absolute atomic E-state index is 0.110. The van der Waals surface area contributed by atoms with E-state index in [2.05, 4.69) is 20.4 Å². The van der Waals surface area contributed by atoms with Gasteiger partial charge in [0.05, 0.1) is 17.5 Å². The fourth-order valence-electron chi connectivity index (χ4n) is 3.65. The normalized spacial score (nSPS) is 11.5. The van der Waals surface area contributed by atoms with Crippen LogP contribution < -0.4 is 5.32 Å². The van der Waals surface area contributed by atoms with Crippen molar-refractivity contribution in [1.82, 2.24) is 19.6 Å².